The second kappa shape index (κ2) is 5.98. The second-order valence-electron chi connectivity index (χ2n) is 4.74. The molecule has 0 saturated carbocycles. The van der Waals surface area contributed by atoms with E-state index < -0.39 is 15.9 Å². The van der Waals surface area contributed by atoms with Crippen LogP contribution in [0.3, 0.4) is 0 Å². The van der Waals surface area contributed by atoms with E-state index in [-0.39, 0.29) is 11.6 Å². The standard InChI is InChI=1S/C13H15N5O3S/c1-22(20,21)7-10-6-11(14)18-12(16-10)8-2-4-9(5-3-8)17-13(15)19/h2-6H,7H2,1H3,(H2,14,16,18)(H3,15,17,19). The molecule has 0 atom stereocenters. The lowest BCUT2D eigenvalue weighted by Gasteiger charge is -2.06. The summed E-state index contributed by atoms with van der Waals surface area (Å²) in [6.07, 6.45) is 1.12. The third-order valence-corrected chi connectivity index (χ3v) is 3.44. The number of nitrogen functional groups attached to an aromatic ring is 1. The van der Waals surface area contributed by atoms with Crippen molar-refractivity contribution in [2.45, 2.75) is 5.75 Å². The first-order chi connectivity index (χ1) is 10.2. The van der Waals surface area contributed by atoms with Crippen LogP contribution in [0.2, 0.25) is 0 Å². The van der Waals surface area contributed by atoms with E-state index in [1.807, 2.05) is 0 Å². The van der Waals surface area contributed by atoms with E-state index in [9.17, 15) is 13.2 Å². The number of aromatic nitrogens is 2. The molecule has 116 valence electrons. The molecule has 2 amide bonds. The molecule has 0 aliphatic carbocycles. The maximum absolute atomic E-state index is 11.4. The average Bonchev–Trinajstić information content (AvgIpc) is 2.36. The van der Waals surface area contributed by atoms with Gasteiger partial charge < -0.3 is 16.8 Å². The van der Waals surface area contributed by atoms with Gasteiger partial charge in [0.05, 0.1) is 11.4 Å². The summed E-state index contributed by atoms with van der Waals surface area (Å²) in [5.41, 5.74) is 12.2. The molecule has 2 aromatic rings. The van der Waals surface area contributed by atoms with E-state index in [0.717, 1.165) is 6.26 Å². The van der Waals surface area contributed by atoms with E-state index in [1.165, 1.54) is 6.07 Å². The molecular weight excluding hydrogens is 306 g/mol. The van der Waals surface area contributed by atoms with Crippen molar-refractivity contribution in [2.24, 2.45) is 5.73 Å². The van der Waals surface area contributed by atoms with Gasteiger partial charge in [0.2, 0.25) is 0 Å². The largest absolute Gasteiger partial charge is 0.384 e. The third kappa shape index (κ3) is 4.42. The van der Waals surface area contributed by atoms with Crippen molar-refractivity contribution in [1.29, 1.82) is 0 Å². The molecule has 0 bridgehead atoms. The van der Waals surface area contributed by atoms with Gasteiger partial charge in [-0.15, -0.1) is 0 Å². The number of nitrogens with zero attached hydrogens (tertiary/aromatic N) is 2. The Morgan fingerprint density at radius 1 is 1.23 bits per heavy atom. The number of anilines is 2. The second-order valence-corrected chi connectivity index (χ2v) is 6.88. The quantitative estimate of drug-likeness (QED) is 0.759. The Labute approximate surface area is 127 Å². The van der Waals surface area contributed by atoms with Crippen molar-refractivity contribution in [2.75, 3.05) is 17.3 Å². The summed E-state index contributed by atoms with van der Waals surface area (Å²) >= 11 is 0. The fourth-order valence-electron chi connectivity index (χ4n) is 1.84. The Morgan fingerprint density at radius 3 is 2.41 bits per heavy atom. The van der Waals surface area contributed by atoms with Crippen molar-refractivity contribution >= 4 is 27.4 Å². The van der Waals surface area contributed by atoms with Gasteiger partial charge in [0.15, 0.2) is 15.7 Å². The topological polar surface area (TPSA) is 141 Å². The van der Waals surface area contributed by atoms with Gasteiger partial charge in [0.25, 0.3) is 0 Å². The number of carbonyl (C=O) groups is 1. The number of nitrogens with one attached hydrogen (secondary N) is 1. The number of sulfone groups is 1. The molecular formula is C13H15N5O3S. The minimum Gasteiger partial charge on any atom is -0.384 e. The van der Waals surface area contributed by atoms with Gasteiger partial charge in [-0.05, 0) is 24.3 Å². The Hall–Kier alpha value is -2.68. The number of hydrogen-bond acceptors (Lipinski definition) is 6. The van der Waals surface area contributed by atoms with Crippen molar-refractivity contribution in [3.63, 3.8) is 0 Å². The molecule has 0 fully saturated rings. The van der Waals surface area contributed by atoms with E-state index >= 15 is 0 Å². The van der Waals surface area contributed by atoms with Gasteiger partial charge in [0, 0.05) is 23.6 Å². The monoisotopic (exact) mass is 321 g/mol. The molecule has 1 aromatic heterocycles. The van der Waals surface area contributed by atoms with Crippen LogP contribution in [0.5, 0.6) is 0 Å². The highest BCUT2D eigenvalue weighted by Crippen LogP contribution is 2.20. The normalized spacial score (nSPS) is 11.1. The average molecular weight is 321 g/mol. The summed E-state index contributed by atoms with van der Waals surface area (Å²) in [4.78, 5) is 19.0. The number of hydrogen-bond donors (Lipinski definition) is 3. The third-order valence-electron chi connectivity index (χ3n) is 2.62. The maximum atomic E-state index is 11.4. The molecule has 8 nitrogen and oxygen atoms in total. The van der Waals surface area contributed by atoms with E-state index in [0.29, 0.717) is 22.8 Å². The zero-order valence-electron chi connectivity index (χ0n) is 11.8. The Bertz CT molecular complexity index is 803. The molecule has 5 N–H and O–H groups in total. The minimum atomic E-state index is -3.22. The molecule has 1 heterocycles. The molecule has 0 saturated heterocycles. The highest BCUT2D eigenvalue weighted by atomic mass is 32.2. The fraction of sp³-hybridized carbons (Fsp3) is 0.154. The lowest BCUT2D eigenvalue weighted by molar-refractivity contribution is 0.259. The van der Waals surface area contributed by atoms with Gasteiger partial charge in [0.1, 0.15) is 5.82 Å². The van der Waals surface area contributed by atoms with Crippen LogP contribution >= 0.6 is 0 Å². The Kier molecular flexibility index (Phi) is 4.27. The first-order valence-electron chi connectivity index (χ1n) is 6.21. The van der Waals surface area contributed by atoms with Gasteiger partial charge in [-0.2, -0.15) is 0 Å². The summed E-state index contributed by atoms with van der Waals surface area (Å²) < 4.78 is 22.7. The number of amides is 2. The predicted octanol–water partition coefficient (Wildman–Crippen LogP) is 0.761. The maximum Gasteiger partial charge on any atom is 0.316 e. The molecule has 9 heteroatoms. The van der Waals surface area contributed by atoms with Crippen LogP contribution < -0.4 is 16.8 Å². The van der Waals surface area contributed by atoms with Crippen LogP contribution in [0.1, 0.15) is 5.69 Å². The highest BCUT2D eigenvalue weighted by Gasteiger charge is 2.10. The summed E-state index contributed by atoms with van der Waals surface area (Å²) in [5.74, 6) is 0.279. The van der Waals surface area contributed by atoms with Crippen LogP contribution in [0.15, 0.2) is 30.3 Å². The first-order valence-corrected chi connectivity index (χ1v) is 8.27. The molecule has 0 spiro atoms. The SMILES string of the molecule is CS(=O)(=O)Cc1cc(N)nc(-c2ccc(NC(N)=O)cc2)n1. The molecule has 22 heavy (non-hydrogen) atoms. The van der Waals surface area contributed by atoms with E-state index in [4.69, 9.17) is 11.5 Å². The summed E-state index contributed by atoms with van der Waals surface area (Å²) in [6, 6.07) is 7.36. The number of primary amides is 1. The van der Waals surface area contributed by atoms with Gasteiger partial charge in [-0.3, -0.25) is 0 Å². The van der Waals surface area contributed by atoms with Crippen LogP contribution in [-0.2, 0) is 15.6 Å². The van der Waals surface area contributed by atoms with Crippen molar-refractivity contribution in [3.8, 4) is 11.4 Å². The number of benzene rings is 1. The molecule has 0 unspecified atom stereocenters. The van der Waals surface area contributed by atoms with E-state index in [1.54, 1.807) is 24.3 Å². The Morgan fingerprint density at radius 2 is 1.86 bits per heavy atom. The number of rotatable bonds is 4. The first kappa shape index (κ1) is 15.7. The van der Waals surface area contributed by atoms with Crippen molar-refractivity contribution in [3.05, 3.63) is 36.0 Å². The fourth-order valence-corrected chi connectivity index (χ4v) is 2.52. The summed E-state index contributed by atoms with van der Waals surface area (Å²) in [6.45, 7) is 0. The van der Waals surface area contributed by atoms with Gasteiger partial charge in [-0.1, -0.05) is 0 Å². The summed E-state index contributed by atoms with van der Waals surface area (Å²) in [5, 5.41) is 2.43. The smallest absolute Gasteiger partial charge is 0.316 e. The van der Waals surface area contributed by atoms with Crippen LogP contribution in [0.25, 0.3) is 11.4 Å². The predicted molar refractivity (Wildman–Crippen MR) is 83.6 cm³/mol. The lowest BCUT2D eigenvalue weighted by atomic mass is 10.2. The van der Waals surface area contributed by atoms with Crippen molar-refractivity contribution in [1.82, 2.24) is 9.97 Å². The van der Waals surface area contributed by atoms with Crippen LogP contribution in [0.4, 0.5) is 16.3 Å². The molecule has 0 aliphatic heterocycles. The van der Waals surface area contributed by atoms with Gasteiger partial charge in [-0.25, -0.2) is 23.2 Å². The van der Waals surface area contributed by atoms with Gasteiger partial charge >= 0.3 is 6.03 Å². The van der Waals surface area contributed by atoms with Crippen LogP contribution in [-0.4, -0.2) is 30.7 Å². The zero-order chi connectivity index (χ0) is 16.3. The number of nitrogens with two attached hydrogens (primary N) is 2. The Balaban J connectivity index is 2.34. The zero-order valence-corrected chi connectivity index (χ0v) is 12.6. The molecule has 2 rings (SSSR count). The summed E-state index contributed by atoms with van der Waals surface area (Å²) in [7, 11) is -3.22. The number of carbonyl (C=O) groups excluding carboxylic acids is 1. The van der Waals surface area contributed by atoms with Crippen molar-refractivity contribution < 1.29 is 13.2 Å². The van der Waals surface area contributed by atoms with E-state index in [2.05, 4.69) is 15.3 Å². The highest BCUT2D eigenvalue weighted by molar-refractivity contribution is 7.89. The molecule has 1 aromatic carbocycles. The molecule has 0 radical (unpaired) electrons. The van der Waals surface area contributed by atoms with Crippen LogP contribution in [0, 0.1) is 0 Å². The lowest BCUT2D eigenvalue weighted by Crippen LogP contribution is -2.19. The number of urea groups is 1. The minimum absolute atomic E-state index is 0.183. The molecule has 0 aliphatic rings.